The molecule has 0 aliphatic carbocycles. The van der Waals surface area contributed by atoms with E-state index in [2.05, 4.69) is 69.2 Å². The van der Waals surface area contributed by atoms with E-state index in [1.54, 1.807) is 0 Å². The van der Waals surface area contributed by atoms with E-state index in [9.17, 15) is 0 Å². The molecule has 2 aliphatic heterocycles. The van der Waals surface area contributed by atoms with Crippen molar-refractivity contribution in [2.45, 2.75) is 42.5 Å². The van der Waals surface area contributed by atoms with Crippen LogP contribution >= 0.6 is 11.8 Å². The van der Waals surface area contributed by atoms with E-state index in [0.717, 1.165) is 23.6 Å². The van der Waals surface area contributed by atoms with Gasteiger partial charge in [-0.3, -0.25) is 0 Å². The van der Waals surface area contributed by atoms with Crippen LogP contribution in [0.2, 0.25) is 0 Å². The first-order valence-electron chi connectivity index (χ1n) is 10.1. The highest BCUT2D eigenvalue weighted by atomic mass is 32.2. The van der Waals surface area contributed by atoms with Crippen LogP contribution in [0, 0.1) is 6.92 Å². The second-order valence-electron chi connectivity index (χ2n) is 7.89. The molecule has 2 aromatic carbocycles. The number of nitrogens with zero attached hydrogens (tertiary/aromatic N) is 3. The molecule has 144 valence electrons. The molecule has 0 radical (unpaired) electrons. The number of anilines is 2. The summed E-state index contributed by atoms with van der Waals surface area (Å²) in [5.74, 6) is 0.941. The van der Waals surface area contributed by atoms with Gasteiger partial charge in [0.15, 0.2) is 0 Å². The van der Waals surface area contributed by atoms with Crippen LogP contribution in [-0.4, -0.2) is 40.5 Å². The Hall–Kier alpha value is -2.24. The van der Waals surface area contributed by atoms with Gasteiger partial charge in [0.05, 0.1) is 11.4 Å². The summed E-state index contributed by atoms with van der Waals surface area (Å²) in [5.41, 5.74) is 4.85. The maximum absolute atomic E-state index is 4.54. The second kappa shape index (κ2) is 7.30. The summed E-state index contributed by atoms with van der Waals surface area (Å²) < 4.78 is 0. The second-order valence-corrected chi connectivity index (χ2v) is 8.98. The fraction of sp³-hybridized carbons (Fsp3) is 0.348. The summed E-state index contributed by atoms with van der Waals surface area (Å²) >= 11 is 1.87. The highest BCUT2D eigenvalue weighted by molar-refractivity contribution is 7.99. The number of nitrogens with one attached hydrogen (secondary N) is 1. The first-order valence-corrected chi connectivity index (χ1v) is 11.0. The van der Waals surface area contributed by atoms with Gasteiger partial charge in [0.1, 0.15) is 5.82 Å². The molecule has 1 N–H and O–H groups in total. The van der Waals surface area contributed by atoms with Crippen molar-refractivity contribution in [1.29, 1.82) is 0 Å². The smallest absolute Gasteiger partial charge is 0.137 e. The Balaban J connectivity index is 1.56. The van der Waals surface area contributed by atoms with Gasteiger partial charge in [-0.05, 0) is 70.1 Å². The van der Waals surface area contributed by atoms with Gasteiger partial charge in [0.25, 0.3) is 0 Å². The maximum atomic E-state index is 4.54. The Morgan fingerprint density at radius 3 is 2.64 bits per heavy atom. The van der Waals surface area contributed by atoms with Gasteiger partial charge in [-0.25, -0.2) is 4.98 Å². The molecule has 1 fully saturated rings. The number of aromatic amines is 1. The van der Waals surface area contributed by atoms with Crippen molar-refractivity contribution in [3.05, 3.63) is 54.4 Å². The molecular weight excluding hydrogens is 364 g/mol. The minimum Gasteiger partial charge on any atom is -0.342 e. The van der Waals surface area contributed by atoms with Crippen LogP contribution < -0.4 is 4.90 Å². The summed E-state index contributed by atoms with van der Waals surface area (Å²) in [6, 6.07) is 15.9. The zero-order valence-electron chi connectivity index (χ0n) is 16.5. The molecule has 28 heavy (non-hydrogen) atoms. The molecule has 3 aromatic rings. The monoisotopic (exact) mass is 390 g/mol. The van der Waals surface area contributed by atoms with E-state index in [-0.39, 0.29) is 0 Å². The van der Waals surface area contributed by atoms with Gasteiger partial charge in [-0.15, -0.1) is 0 Å². The van der Waals surface area contributed by atoms with Crippen molar-refractivity contribution in [3.8, 4) is 11.4 Å². The zero-order valence-corrected chi connectivity index (χ0v) is 17.3. The summed E-state index contributed by atoms with van der Waals surface area (Å²) in [5, 5.41) is 0. The Bertz CT molecular complexity index is 990. The number of imidazole rings is 1. The normalized spacial score (nSPS) is 17.4. The van der Waals surface area contributed by atoms with E-state index in [0.29, 0.717) is 6.04 Å². The summed E-state index contributed by atoms with van der Waals surface area (Å²) in [6.07, 6.45) is 4.56. The molecule has 2 aliphatic rings. The summed E-state index contributed by atoms with van der Waals surface area (Å²) in [6.45, 7) is 7.97. The quantitative estimate of drug-likeness (QED) is 0.640. The molecule has 0 spiro atoms. The molecule has 0 unspecified atom stereocenters. The predicted octanol–water partition coefficient (Wildman–Crippen LogP) is 5.47. The molecule has 1 saturated heterocycles. The predicted molar refractivity (Wildman–Crippen MR) is 117 cm³/mol. The van der Waals surface area contributed by atoms with Crippen LogP contribution in [0.25, 0.3) is 11.4 Å². The van der Waals surface area contributed by atoms with Crippen molar-refractivity contribution >= 4 is 23.1 Å². The van der Waals surface area contributed by atoms with E-state index in [1.807, 2.05) is 24.9 Å². The average molecular weight is 391 g/mol. The summed E-state index contributed by atoms with van der Waals surface area (Å²) in [7, 11) is 0. The lowest BCUT2D eigenvalue weighted by Crippen LogP contribution is -2.40. The van der Waals surface area contributed by atoms with Crippen LogP contribution in [0.1, 0.15) is 25.5 Å². The third-order valence-electron chi connectivity index (χ3n) is 5.70. The van der Waals surface area contributed by atoms with Crippen molar-refractivity contribution in [1.82, 2.24) is 14.9 Å². The highest BCUT2D eigenvalue weighted by Gasteiger charge is 2.29. The van der Waals surface area contributed by atoms with Crippen LogP contribution in [0.15, 0.2) is 58.5 Å². The molecule has 1 aromatic heterocycles. The van der Waals surface area contributed by atoms with E-state index >= 15 is 0 Å². The molecule has 0 bridgehead atoms. The van der Waals surface area contributed by atoms with E-state index in [4.69, 9.17) is 0 Å². The van der Waals surface area contributed by atoms with Crippen LogP contribution in [0.4, 0.5) is 11.4 Å². The fourth-order valence-corrected chi connectivity index (χ4v) is 5.44. The minimum atomic E-state index is 0.410. The third kappa shape index (κ3) is 3.23. The maximum Gasteiger partial charge on any atom is 0.137 e. The lowest BCUT2D eigenvalue weighted by molar-refractivity contribution is 0.319. The fourth-order valence-electron chi connectivity index (χ4n) is 4.38. The number of fused-ring (bicyclic) bond motifs is 2. The number of para-hydroxylation sites is 1. The van der Waals surface area contributed by atoms with E-state index in [1.165, 1.54) is 47.1 Å². The topological polar surface area (TPSA) is 35.2 Å². The number of hydrogen-bond acceptors (Lipinski definition) is 4. The van der Waals surface area contributed by atoms with Gasteiger partial charge in [-0.1, -0.05) is 23.9 Å². The molecule has 5 heteroatoms. The Morgan fingerprint density at radius 1 is 1.07 bits per heavy atom. The van der Waals surface area contributed by atoms with Crippen molar-refractivity contribution < 1.29 is 0 Å². The molecule has 3 heterocycles. The van der Waals surface area contributed by atoms with Crippen LogP contribution in [0.3, 0.4) is 0 Å². The molecular formula is C23H26N4S. The van der Waals surface area contributed by atoms with Crippen molar-refractivity contribution in [2.75, 3.05) is 24.5 Å². The zero-order chi connectivity index (χ0) is 19.1. The minimum absolute atomic E-state index is 0.410. The van der Waals surface area contributed by atoms with Gasteiger partial charge in [0, 0.05) is 39.8 Å². The number of hydrogen-bond donors (Lipinski definition) is 1. The molecule has 5 rings (SSSR count). The Kier molecular flexibility index (Phi) is 4.65. The highest BCUT2D eigenvalue weighted by Crippen LogP contribution is 2.49. The third-order valence-corrected chi connectivity index (χ3v) is 6.83. The van der Waals surface area contributed by atoms with E-state index < -0.39 is 0 Å². The largest absolute Gasteiger partial charge is 0.342 e. The number of aromatic nitrogens is 2. The standard InChI is InChI=1S/C23H26N4S/c1-16-14-24-23(25-16)18-9-10-22-20(13-18)27(17(2)15-26-11-5-6-12-26)19-7-3-4-8-21(19)28-22/h3-4,7-10,13-14,17H,5-6,11-12,15H2,1-2H3,(H,24,25)/t17-/m1/s1. The first kappa shape index (κ1) is 17.8. The van der Waals surface area contributed by atoms with Gasteiger partial charge >= 0.3 is 0 Å². The molecule has 0 amide bonds. The van der Waals surface area contributed by atoms with Crippen molar-refractivity contribution in [2.24, 2.45) is 0 Å². The van der Waals surface area contributed by atoms with Gasteiger partial charge in [0.2, 0.25) is 0 Å². The number of benzene rings is 2. The van der Waals surface area contributed by atoms with Crippen LogP contribution in [-0.2, 0) is 0 Å². The molecule has 1 atom stereocenters. The van der Waals surface area contributed by atoms with Crippen molar-refractivity contribution in [3.63, 3.8) is 0 Å². The van der Waals surface area contributed by atoms with Gasteiger partial charge in [-0.2, -0.15) is 0 Å². The summed E-state index contributed by atoms with van der Waals surface area (Å²) in [4.78, 5) is 15.7. The first-order chi connectivity index (χ1) is 13.7. The van der Waals surface area contributed by atoms with Gasteiger partial charge < -0.3 is 14.8 Å². The molecule has 0 saturated carbocycles. The Labute approximate surface area is 171 Å². The SMILES string of the molecule is Cc1cnc(-c2ccc3c(c2)N([C@H](C)CN2CCCC2)c2ccccc2S3)[nH]1. The number of aryl methyl sites for hydroxylation is 1. The average Bonchev–Trinajstić information content (AvgIpc) is 3.37. The molecule has 4 nitrogen and oxygen atoms in total. The lowest BCUT2D eigenvalue weighted by Gasteiger charge is -2.39. The Morgan fingerprint density at radius 2 is 1.86 bits per heavy atom. The number of likely N-dealkylation sites (tertiary alicyclic amines) is 1. The lowest BCUT2D eigenvalue weighted by atomic mass is 10.1. The number of rotatable bonds is 4. The van der Waals surface area contributed by atoms with Crippen LogP contribution in [0.5, 0.6) is 0 Å². The number of H-pyrrole nitrogens is 1.